The van der Waals surface area contributed by atoms with Gasteiger partial charge in [0.15, 0.2) is 6.61 Å². The largest absolute Gasteiger partial charge is 0.452 e. The van der Waals surface area contributed by atoms with Gasteiger partial charge in [-0.25, -0.2) is 8.42 Å². The number of ether oxygens (including phenoxy) is 1. The SMILES string of the molecule is Cc1ccc(S(=O)(=O)C#CCOC(=O)CN)cc1. The molecule has 0 saturated carbocycles. The standard InChI is InChI=1S/C12H13NO4S/c1-10-3-5-11(6-4-10)18(15,16)8-2-7-17-12(14)9-13/h3-6H,7,9,13H2,1H3. The average molecular weight is 267 g/mol. The van der Waals surface area contributed by atoms with Crippen molar-refractivity contribution in [2.24, 2.45) is 5.73 Å². The van der Waals surface area contributed by atoms with Gasteiger partial charge in [0.1, 0.15) is 0 Å². The summed E-state index contributed by atoms with van der Waals surface area (Å²) < 4.78 is 28.0. The van der Waals surface area contributed by atoms with Crippen LogP contribution in [0, 0.1) is 18.1 Å². The monoisotopic (exact) mass is 267 g/mol. The van der Waals surface area contributed by atoms with Gasteiger partial charge >= 0.3 is 5.97 Å². The number of nitrogens with two attached hydrogens (primary N) is 1. The van der Waals surface area contributed by atoms with Crippen LogP contribution < -0.4 is 5.73 Å². The van der Waals surface area contributed by atoms with Gasteiger partial charge in [-0.1, -0.05) is 17.7 Å². The Labute approximate surface area is 106 Å². The Hall–Kier alpha value is -1.84. The molecule has 18 heavy (non-hydrogen) atoms. The summed E-state index contributed by atoms with van der Waals surface area (Å²) in [7, 11) is -3.67. The van der Waals surface area contributed by atoms with Gasteiger partial charge in [-0.3, -0.25) is 4.79 Å². The van der Waals surface area contributed by atoms with Crippen molar-refractivity contribution in [2.45, 2.75) is 11.8 Å². The molecule has 0 spiro atoms. The highest BCUT2D eigenvalue weighted by molar-refractivity contribution is 7.96. The molecule has 6 heteroatoms. The third kappa shape index (κ3) is 4.20. The Bertz CT molecular complexity index is 579. The van der Waals surface area contributed by atoms with Crippen molar-refractivity contribution in [2.75, 3.05) is 13.2 Å². The molecule has 0 atom stereocenters. The van der Waals surface area contributed by atoms with Crippen LogP contribution in [0.1, 0.15) is 5.56 Å². The average Bonchev–Trinajstić information content (AvgIpc) is 2.35. The van der Waals surface area contributed by atoms with Gasteiger partial charge in [-0.2, -0.15) is 0 Å². The molecule has 5 nitrogen and oxygen atoms in total. The number of esters is 1. The lowest BCUT2D eigenvalue weighted by Gasteiger charge is -1.98. The number of benzene rings is 1. The number of carbonyl (C=O) groups is 1. The number of sulfone groups is 1. The summed E-state index contributed by atoms with van der Waals surface area (Å²) in [6.45, 7) is 1.31. The molecule has 0 saturated heterocycles. The second-order valence-electron chi connectivity index (χ2n) is 3.46. The molecule has 0 aliphatic carbocycles. The van der Waals surface area contributed by atoms with E-state index in [-0.39, 0.29) is 18.0 Å². The molecular formula is C12H13NO4S. The molecule has 1 aromatic carbocycles. The molecule has 0 radical (unpaired) electrons. The smallest absolute Gasteiger partial charge is 0.320 e. The van der Waals surface area contributed by atoms with E-state index in [1.807, 2.05) is 6.92 Å². The van der Waals surface area contributed by atoms with E-state index < -0.39 is 15.8 Å². The van der Waals surface area contributed by atoms with E-state index >= 15 is 0 Å². The number of hydrogen-bond donors (Lipinski definition) is 1. The zero-order valence-electron chi connectivity index (χ0n) is 9.84. The quantitative estimate of drug-likeness (QED) is 0.481. The number of rotatable bonds is 3. The fourth-order valence-electron chi connectivity index (χ4n) is 1.08. The molecule has 0 aromatic heterocycles. The Morgan fingerprint density at radius 1 is 1.33 bits per heavy atom. The molecular weight excluding hydrogens is 254 g/mol. The third-order valence-electron chi connectivity index (χ3n) is 2.01. The van der Waals surface area contributed by atoms with Crippen LogP contribution in [0.2, 0.25) is 0 Å². The lowest BCUT2D eigenvalue weighted by Crippen LogP contribution is -2.16. The highest BCUT2D eigenvalue weighted by atomic mass is 32.2. The zero-order valence-corrected chi connectivity index (χ0v) is 10.7. The van der Waals surface area contributed by atoms with Gasteiger partial charge in [0.2, 0.25) is 9.84 Å². The minimum atomic E-state index is -3.67. The summed E-state index contributed by atoms with van der Waals surface area (Å²) in [6.07, 6.45) is 0. The first-order valence-electron chi connectivity index (χ1n) is 5.13. The van der Waals surface area contributed by atoms with E-state index in [0.29, 0.717) is 0 Å². The van der Waals surface area contributed by atoms with E-state index in [2.05, 4.69) is 15.9 Å². The maximum Gasteiger partial charge on any atom is 0.320 e. The molecule has 1 rings (SSSR count). The van der Waals surface area contributed by atoms with Crippen LogP contribution in [-0.2, 0) is 19.4 Å². The van der Waals surface area contributed by atoms with E-state index in [4.69, 9.17) is 5.73 Å². The van der Waals surface area contributed by atoms with E-state index in [9.17, 15) is 13.2 Å². The van der Waals surface area contributed by atoms with Gasteiger partial charge in [-0.15, -0.1) is 0 Å². The van der Waals surface area contributed by atoms with Crippen LogP contribution in [-0.4, -0.2) is 27.5 Å². The molecule has 96 valence electrons. The predicted molar refractivity (Wildman–Crippen MR) is 66.2 cm³/mol. The lowest BCUT2D eigenvalue weighted by atomic mass is 10.2. The summed E-state index contributed by atoms with van der Waals surface area (Å²) in [5.41, 5.74) is 5.96. The minimum absolute atomic E-state index is 0.116. The molecule has 0 bridgehead atoms. The molecule has 0 fully saturated rings. The topological polar surface area (TPSA) is 86.5 Å². The van der Waals surface area contributed by atoms with Crippen molar-refractivity contribution in [1.82, 2.24) is 0 Å². The Morgan fingerprint density at radius 3 is 2.50 bits per heavy atom. The zero-order chi connectivity index (χ0) is 13.6. The lowest BCUT2D eigenvalue weighted by molar-refractivity contribution is -0.140. The molecule has 0 heterocycles. The van der Waals surface area contributed by atoms with E-state index in [1.165, 1.54) is 12.1 Å². The van der Waals surface area contributed by atoms with Gasteiger partial charge in [0.05, 0.1) is 11.4 Å². The fraction of sp³-hybridized carbons (Fsp3) is 0.250. The second kappa shape index (κ2) is 6.19. The molecule has 1 aromatic rings. The number of aryl methyl sites for hydroxylation is 1. The molecule has 0 unspecified atom stereocenters. The summed E-state index contributed by atoms with van der Waals surface area (Å²) >= 11 is 0. The van der Waals surface area contributed by atoms with E-state index in [1.54, 1.807) is 12.1 Å². The number of carbonyl (C=O) groups excluding carboxylic acids is 1. The summed E-state index contributed by atoms with van der Waals surface area (Å²) in [6, 6.07) is 6.32. The van der Waals surface area contributed by atoms with Crippen molar-refractivity contribution < 1.29 is 17.9 Å². The number of hydrogen-bond acceptors (Lipinski definition) is 5. The van der Waals surface area contributed by atoms with Gasteiger partial charge < -0.3 is 10.5 Å². The van der Waals surface area contributed by atoms with Crippen LogP contribution in [0.4, 0.5) is 0 Å². The van der Waals surface area contributed by atoms with Crippen LogP contribution in [0.5, 0.6) is 0 Å². The van der Waals surface area contributed by atoms with Crippen molar-refractivity contribution in [3.05, 3.63) is 29.8 Å². The first-order chi connectivity index (χ1) is 8.45. The second-order valence-corrected chi connectivity index (χ2v) is 5.14. The van der Waals surface area contributed by atoms with Crippen LogP contribution in [0.3, 0.4) is 0 Å². The molecule has 0 aliphatic heterocycles. The van der Waals surface area contributed by atoms with Crippen molar-refractivity contribution >= 4 is 15.8 Å². The Kier molecular flexibility index (Phi) is 4.89. The van der Waals surface area contributed by atoms with Gasteiger partial charge in [0.25, 0.3) is 0 Å². The summed E-state index contributed by atoms with van der Waals surface area (Å²) in [5, 5.41) is 2.08. The van der Waals surface area contributed by atoms with Crippen molar-refractivity contribution in [3.63, 3.8) is 0 Å². The fourth-order valence-corrected chi connectivity index (χ4v) is 1.94. The van der Waals surface area contributed by atoms with Crippen LogP contribution in [0.25, 0.3) is 0 Å². The van der Waals surface area contributed by atoms with Gasteiger partial charge in [0, 0.05) is 5.25 Å². The molecule has 2 N–H and O–H groups in total. The summed E-state index contributed by atoms with van der Waals surface area (Å²) in [4.78, 5) is 10.8. The summed E-state index contributed by atoms with van der Waals surface area (Å²) in [5.74, 6) is 1.64. The Morgan fingerprint density at radius 2 is 1.94 bits per heavy atom. The normalized spacial score (nSPS) is 10.3. The maximum atomic E-state index is 11.7. The maximum absolute atomic E-state index is 11.7. The van der Waals surface area contributed by atoms with Crippen molar-refractivity contribution in [1.29, 1.82) is 0 Å². The van der Waals surface area contributed by atoms with Crippen LogP contribution in [0.15, 0.2) is 29.2 Å². The molecule has 0 aliphatic rings. The first-order valence-corrected chi connectivity index (χ1v) is 6.61. The third-order valence-corrected chi connectivity index (χ3v) is 3.32. The van der Waals surface area contributed by atoms with Crippen LogP contribution >= 0.6 is 0 Å². The Balaban J connectivity index is 2.74. The predicted octanol–water partition coefficient (Wildman–Crippen LogP) is 0.232. The van der Waals surface area contributed by atoms with Gasteiger partial charge in [-0.05, 0) is 25.0 Å². The van der Waals surface area contributed by atoms with E-state index in [0.717, 1.165) is 5.56 Å². The molecule has 0 amide bonds. The van der Waals surface area contributed by atoms with Crippen molar-refractivity contribution in [3.8, 4) is 11.2 Å². The highest BCUT2D eigenvalue weighted by Crippen LogP contribution is 2.10. The minimum Gasteiger partial charge on any atom is -0.452 e. The highest BCUT2D eigenvalue weighted by Gasteiger charge is 2.09. The first kappa shape index (κ1) is 14.2.